The van der Waals surface area contributed by atoms with E-state index in [0.717, 1.165) is 11.3 Å². The lowest BCUT2D eigenvalue weighted by molar-refractivity contribution is -0.384. The molecule has 3 heterocycles. The molecule has 204 valence electrons. The summed E-state index contributed by atoms with van der Waals surface area (Å²) in [5.74, 6) is 0.674. The Bertz CT molecular complexity index is 1870. The summed E-state index contributed by atoms with van der Waals surface area (Å²) in [6.07, 6.45) is 1.56. The van der Waals surface area contributed by atoms with Crippen LogP contribution in [-0.4, -0.2) is 29.2 Å². The standard InChI is InChI=1S/C28H22BrN3O7S/c1-4-38-27(34)24-15(2)30-28-31(25(24)16-9-11-22(37-3)19(29)13-16)26(33)23(40-28)14-17-10-12-21(39-17)18-7-5-6-8-20(18)32(35)36/h5-14,25H,4H2,1-3H3/b23-14+/t25-/m0/s1. The van der Waals surface area contributed by atoms with Gasteiger partial charge >= 0.3 is 5.97 Å². The van der Waals surface area contributed by atoms with Gasteiger partial charge in [0.1, 0.15) is 17.3 Å². The summed E-state index contributed by atoms with van der Waals surface area (Å²) in [5, 5.41) is 11.5. The van der Waals surface area contributed by atoms with Gasteiger partial charge < -0.3 is 13.9 Å². The quantitative estimate of drug-likeness (QED) is 0.165. The third-order valence-electron chi connectivity index (χ3n) is 6.27. The van der Waals surface area contributed by atoms with Crippen molar-refractivity contribution >= 4 is 45.0 Å². The van der Waals surface area contributed by atoms with E-state index in [1.807, 2.05) is 0 Å². The lowest BCUT2D eigenvalue weighted by Crippen LogP contribution is -2.39. The predicted octanol–water partition coefficient (Wildman–Crippen LogP) is 4.74. The van der Waals surface area contributed by atoms with E-state index < -0.39 is 16.9 Å². The van der Waals surface area contributed by atoms with Crippen molar-refractivity contribution in [1.29, 1.82) is 0 Å². The molecule has 0 saturated carbocycles. The number of halogens is 1. The van der Waals surface area contributed by atoms with E-state index in [0.29, 0.717) is 47.9 Å². The van der Waals surface area contributed by atoms with Crippen LogP contribution in [0.15, 0.2) is 84.5 Å². The highest BCUT2D eigenvalue weighted by Gasteiger charge is 2.33. The molecule has 0 N–H and O–H groups in total. The van der Waals surface area contributed by atoms with Crippen LogP contribution in [0.4, 0.5) is 5.69 Å². The fraction of sp³-hybridized carbons (Fsp3) is 0.179. The van der Waals surface area contributed by atoms with E-state index in [1.54, 1.807) is 75.6 Å². The smallest absolute Gasteiger partial charge is 0.338 e. The third-order valence-corrected chi connectivity index (χ3v) is 7.88. The Labute approximate surface area is 239 Å². The van der Waals surface area contributed by atoms with Gasteiger partial charge in [0.15, 0.2) is 4.80 Å². The molecule has 0 saturated heterocycles. The first-order chi connectivity index (χ1) is 19.2. The number of allylic oxidation sites excluding steroid dienone is 1. The number of fused-ring (bicyclic) bond motifs is 1. The van der Waals surface area contributed by atoms with Gasteiger partial charge in [-0.15, -0.1) is 0 Å². The minimum absolute atomic E-state index is 0.0876. The second-order valence-corrected chi connectivity index (χ2v) is 10.5. The molecule has 10 nitrogen and oxygen atoms in total. The van der Waals surface area contributed by atoms with E-state index in [-0.39, 0.29) is 23.4 Å². The number of thiazole rings is 1. The van der Waals surface area contributed by atoms with Crippen molar-refractivity contribution in [2.24, 2.45) is 4.99 Å². The van der Waals surface area contributed by atoms with Gasteiger partial charge in [0, 0.05) is 12.1 Å². The molecule has 0 radical (unpaired) electrons. The molecule has 0 bridgehead atoms. The predicted molar refractivity (Wildman–Crippen MR) is 152 cm³/mol. The first kappa shape index (κ1) is 27.3. The van der Waals surface area contributed by atoms with E-state index in [4.69, 9.17) is 13.9 Å². The number of nitro benzene ring substituents is 1. The van der Waals surface area contributed by atoms with Crippen molar-refractivity contribution in [2.75, 3.05) is 13.7 Å². The minimum Gasteiger partial charge on any atom is -0.496 e. The molecule has 0 spiro atoms. The lowest BCUT2D eigenvalue weighted by Gasteiger charge is -2.25. The van der Waals surface area contributed by atoms with Crippen molar-refractivity contribution < 1.29 is 23.6 Å². The highest BCUT2D eigenvalue weighted by molar-refractivity contribution is 9.10. The average Bonchev–Trinajstić information content (AvgIpc) is 3.52. The van der Waals surface area contributed by atoms with Gasteiger partial charge in [-0.05, 0) is 65.7 Å². The average molecular weight is 624 g/mol. The van der Waals surface area contributed by atoms with E-state index >= 15 is 0 Å². The number of hydrogen-bond acceptors (Lipinski definition) is 9. The summed E-state index contributed by atoms with van der Waals surface area (Å²) in [4.78, 5) is 42.8. The van der Waals surface area contributed by atoms with E-state index in [9.17, 15) is 19.7 Å². The topological polar surface area (TPSA) is 126 Å². The van der Waals surface area contributed by atoms with Crippen LogP contribution >= 0.6 is 27.3 Å². The molecule has 1 aliphatic heterocycles. The number of carbonyl (C=O) groups is 1. The van der Waals surface area contributed by atoms with Gasteiger partial charge in [-0.3, -0.25) is 19.5 Å². The van der Waals surface area contributed by atoms with Crippen LogP contribution in [0.3, 0.4) is 0 Å². The molecule has 0 amide bonds. The minimum atomic E-state index is -0.793. The molecule has 5 rings (SSSR count). The second-order valence-electron chi connectivity index (χ2n) is 8.67. The first-order valence-corrected chi connectivity index (χ1v) is 13.7. The second kappa shape index (κ2) is 11.1. The normalized spacial score (nSPS) is 15.0. The van der Waals surface area contributed by atoms with Crippen LogP contribution in [0.1, 0.15) is 31.2 Å². The Kier molecular flexibility index (Phi) is 7.55. The maximum absolute atomic E-state index is 13.8. The van der Waals surface area contributed by atoms with Crippen molar-refractivity contribution in [1.82, 2.24) is 4.57 Å². The SMILES string of the molecule is CCOC(=O)C1=C(C)N=c2s/c(=C/c3ccc(-c4ccccc4[N+](=O)[O-])o3)c(=O)n2[C@H]1c1ccc(OC)c(Br)c1. The van der Waals surface area contributed by atoms with Crippen LogP contribution in [-0.2, 0) is 9.53 Å². The summed E-state index contributed by atoms with van der Waals surface area (Å²) >= 11 is 4.64. The molecule has 0 fully saturated rings. The zero-order valence-electron chi connectivity index (χ0n) is 21.5. The zero-order valence-corrected chi connectivity index (χ0v) is 23.9. The Morgan fingerprint density at radius 2 is 2.02 bits per heavy atom. The Morgan fingerprint density at radius 1 is 1.25 bits per heavy atom. The van der Waals surface area contributed by atoms with Crippen LogP contribution in [0, 0.1) is 10.1 Å². The zero-order chi connectivity index (χ0) is 28.6. The van der Waals surface area contributed by atoms with Crippen molar-refractivity contribution in [2.45, 2.75) is 19.9 Å². The van der Waals surface area contributed by atoms with Gasteiger partial charge in [-0.1, -0.05) is 29.5 Å². The molecule has 2 aromatic carbocycles. The van der Waals surface area contributed by atoms with Crippen molar-refractivity contribution in [3.8, 4) is 17.1 Å². The number of nitrogens with zero attached hydrogens (tertiary/aromatic N) is 3. The van der Waals surface area contributed by atoms with Crippen LogP contribution in [0.5, 0.6) is 5.75 Å². The highest BCUT2D eigenvalue weighted by atomic mass is 79.9. The van der Waals surface area contributed by atoms with Crippen LogP contribution in [0.2, 0.25) is 0 Å². The summed E-state index contributed by atoms with van der Waals surface area (Å²) in [5.41, 5.74) is 1.23. The maximum atomic E-state index is 13.8. The Hall–Kier alpha value is -4.29. The summed E-state index contributed by atoms with van der Waals surface area (Å²) in [7, 11) is 1.55. The number of furan rings is 1. The summed E-state index contributed by atoms with van der Waals surface area (Å²) in [6, 6.07) is 14.1. The number of para-hydroxylation sites is 1. The largest absolute Gasteiger partial charge is 0.496 e. The number of esters is 1. The molecular formula is C28H22BrN3O7S. The number of ether oxygens (including phenoxy) is 2. The molecule has 0 aliphatic carbocycles. The number of benzene rings is 2. The number of aromatic nitrogens is 1. The van der Waals surface area contributed by atoms with Gasteiger partial charge in [0.05, 0.1) is 50.5 Å². The molecule has 2 aromatic heterocycles. The van der Waals surface area contributed by atoms with Crippen LogP contribution < -0.4 is 19.6 Å². The van der Waals surface area contributed by atoms with Gasteiger partial charge in [0.25, 0.3) is 11.2 Å². The number of nitro groups is 1. The van der Waals surface area contributed by atoms with Gasteiger partial charge in [-0.2, -0.15) is 0 Å². The fourth-order valence-corrected chi connectivity index (χ4v) is 6.09. The molecular weight excluding hydrogens is 602 g/mol. The summed E-state index contributed by atoms with van der Waals surface area (Å²) < 4.78 is 19.0. The third kappa shape index (κ3) is 4.91. The number of carbonyl (C=O) groups excluding carboxylic acids is 1. The molecule has 4 aromatic rings. The summed E-state index contributed by atoms with van der Waals surface area (Å²) in [6.45, 7) is 3.59. The number of rotatable bonds is 7. The van der Waals surface area contributed by atoms with Crippen molar-refractivity contribution in [3.63, 3.8) is 0 Å². The van der Waals surface area contributed by atoms with Gasteiger partial charge in [-0.25, -0.2) is 9.79 Å². The Balaban J connectivity index is 1.65. The highest BCUT2D eigenvalue weighted by Crippen LogP contribution is 2.35. The number of methoxy groups -OCH3 is 1. The Morgan fingerprint density at radius 3 is 2.73 bits per heavy atom. The number of hydrogen-bond donors (Lipinski definition) is 0. The molecule has 1 atom stereocenters. The fourth-order valence-electron chi connectivity index (χ4n) is 4.51. The molecule has 0 unspecified atom stereocenters. The van der Waals surface area contributed by atoms with Crippen LogP contribution in [0.25, 0.3) is 17.4 Å². The first-order valence-electron chi connectivity index (χ1n) is 12.1. The maximum Gasteiger partial charge on any atom is 0.338 e. The molecule has 1 aliphatic rings. The van der Waals surface area contributed by atoms with E-state index in [1.165, 1.54) is 10.6 Å². The monoisotopic (exact) mass is 623 g/mol. The molecule has 40 heavy (non-hydrogen) atoms. The van der Waals surface area contributed by atoms with E-state index in [2.05, 4.69) is 20.9 Å². The molecule has 12 heteroatoms. The van der Waals surface area contributed by atoms with Crippen molar-refractivity contribution in [3.05, 3.63) is 111 Å². The lowest BCUT2D eigenvalue weighted by atomic mass is 9.96. The van der Waals surface area contributed by atoms with Gasteiger partial charge in [0.2, 0.25) is 0 Å².